The molecule has 1 saturated heterocycles. The van der Waals surface area contributed by atoms with E-state index in [0.29, 0.717) is 30.7 Å². The van der Waals surface area contributed by atoms with Crippen LogP contribution in [0.4, 0.5) is 0 Å². The molecule has 2 aromatic rings. The van der Waals surface area contributed by atoms with Crippen LogP contribution in [0, 0.1) is 11.8 Å². The van der Waals surface area contributed by atoms with Gasteiger partial charge in [-0.25, -0.2) is 0 Å². The van der Waals surface area contributed by atoms with Crippen molar-refractivity contribution in [3.63, 3.8) is 0 Å². The van der Waals surface area contributed by atoms with Gasteiger partial charge in [0.15, 0.2) is 0 Å². The fraction of sp³-hybridized carbons (Fsp3) is 0.481. The Kier molecular flexibility index (Phi) is 7.03. The lowest BCUT2D eigenvalue weighted by molar-refractivity contribution is -0.138. The number of hydrogen-bond acceptors (Lipinski definition) is 4. The lowest BCUT2D eigenvalue weighted by Crippen LogP contribution is -2.59. The van der Waals surface area contributed by atoms with Gasteiger partial charge in [-0.1, -0.05) is 55.8 Å². The number of piperidine rings is 1. The molecule has 0 radical (unpaired) electrons. The van der Waals surface area contributed by atoms with E-state index in [-0.39, 0.29) is 23.8 Å². The number of amides is 1. The largest absolute Gasteiger partial charge is 0.508 e. The molecule has 0 aromatic heterocycles. The number of benzene rings is 2. The molecule has 2 fully saturated rings. The number of hydrogen-bond donors (Lipinski definition) is 3. The molecule has 6 nitrogen and oxygen atoms in total. The summed E-state index contributed by atoms with van der Waals surface area (Å²) >= 11 is 0. The number of carbonyl (C=O) groups is 2. The van der Waals surface area contributed by atoms with Crippen molar-refractivity contribution in [3.05, 3.63) is 65.7 Å². The second kappa shape index (κ2) is 9.96. The number of aromatic hydroxyl groups is 1. The van der Waals surface area contributed by atoms with E-state index in [1.807, 2.05) is 42.5 Å². The normalized spacial score (nSPS) is 25.8. The zero-order valence-electron chi connectivity index (χ0n) is 19.2. The van der Waals surface area contributed by atoms with Gasteiger partial charge in [0.05, 0.1) is 5.92 Å². The van der Waals surface area contributed by atoms with Gasteiger partial charge in [0.1, 0.15) is 12.3 Å². The van der Waals surface area contributed by atoms with Gasteiger partial charge in [0.2, 0.25) is 5.91 Å². The summed E-state index contributed by atoms with van der Waals surface area (Å²) in [4.78, 5) is 26.4. The quantitative estimate of drug-likeness (QED) is 0.572. The van der Waals surface area contributed by atoms with Gasteiger partial charge in [-0.2, -0.15) is 0 Å². The summed E-state index contributed by atoms with van der Waals surface area (Å²) in [6.45, 7) is 3.47. The van der Waals surface area contributed by atoms with E-state index in [1.165, 1.54) is 5.56 Å². The third kappa shape index (κ3) is 5.06. The van der Waals surface area contributed by atoms with Crippen molar-refractivity contribution < 1.29 is 19.8 Å². The van der Waals surface area contributed by atoms with E-state index in [9.17, 15) is 14.7 Å². The van der Waals surface area contributed by atoms with Gasteiger partial charge in [0, 0.05) is 18.0 Å². The number of carboxylic acid groups (broad SMARTS) is 1. The third-order valence-electron chi connectivity index (χ3n) is 7.87. The number of likely N-dealkylation sites (tertiary alicyclic amines) is 1. The third-order valence-corrected chi connectivity index (χ3v) is 7.87. The number of aliphatic carboxylic acids is 1. The number of phenolic OH excluding ortho intramolecular Hbond substituents is 1. The minimum Gasteiger partial charge on any atom is -0.508 e. The average Bonchev–Trinajstić information content (AvgIpc) is 2.79. The molecule has 4 atom stereocenters. The first-order valence-electron chi connectivity index (χ1n) is 12.0. The Morgan fingerprint density at radius 3 is 2.67 bits per heavy atom. The number of nitrogens with one attached hydrogen (secondary N) is 1. The Bertz CT molecular complexity index is 979. The lowest BCUT2D eigenvalue weighted by atomic mass is 9.57. The number of fused-ring (bicyclic) bond motifs is 2. The molecule has 4 rings (SSSR count). The molecule has 1 aliphatic carbocycles. The predicted molar refractivity (Wildman–Crippen MR) is 127 cm³/mol. The van der Waals surface area contributed by atoms with Crippen molar-refractivity contribution >= 4 is 11.9 Å². The molecular formula is C27H34N2O4. The molecular weight excluding hydrogens is 416 g/mol. The molecule has 0 spiro atoms. The molecule has 6 heteroatoms. The lowest BCUT2D eigenvalue weighted by Gasteiger charge is -2.56. The summed E-state index contributed by atoms with van der Waals surface area (Å²) < 4.78 is 0. The van der Waals surface area contributed by atoms with Crippen molar-refractivity contribution in [2.24, 2.45) is 11.8 Å². The van der Waals surface area contributed by atoms with Gasteiger partial charge in [0.25, 0.3) is 0 Å². The highest BCUT2D eigenvalue weighted by Gasteiger charge is 2.49. The van der Waals surface area contributed by atoms with Crippen LogP contribution in [0.3, 0.4) is 0 Å². The maximum Gasteiger partial charge on any atom is 0.322 e. The number of carboxylic acids is 1. The first kappa shape index (κ1) is 23.3. The molecule has 1 saturated carbocycles. The first-order chi connectivity index (χ1) is 15.9. The summed E-state index contributed by atoms with van der Waals surface area (Å²) in [5, 5.41) is 21.7. The van der Waals surface area contributed by atoms with Gasteiger partial charge in [-0.05, 0) is 61.4 Å². The van der Waals surface area contributed by atoms with E-state index >= 15 is 0 Å². The zero-order valence-corrected chi connectivity index (χ0v) is 19.2. The first-order valence-corrected chi connectivity index (χ1v) is 12.0. The van der Waals surface area contributed by atoms with Crippen molar-refractivity contribution in [1.82, 2.24) is 10.2 Å². The Morgan fingerprint density at radius 2 is 1.94 bits per heavy atom. The molecule has 1 amide bonds. The van der Waals surface area contributed by atoms with Gasteiger partial charge in [-0.3, -0.25) is 14.5 Å². The topological polar surface area (TPSA) is 89.9 Å². The number of phenols is 1. The van der Waals surface area contributed by atoms with Crippen LogP contribution in [0.1, 0.15) is 43.7 Å². The van der Waals surface area contributed by atoms with Crippen LogP contribution in [0.25, 0.3) is 0 Å². The Hall–Kier alpha value is -2.86. The van der Waals surface area contributed by atoms with E-state index in [4.69, 9.17) is 5.11 Å². The molecule has 2 aliphatic rings. The van der Waals surface area contributed by atoms with E-state index in [2.05, 4.69) is 23.2 Å². The summed E-state index contributed by atoms with van der Waals surface area (Å²) in [6, 6.07) is 18.0. The Balaban J connectivity index is 1.53. The molecule has 176 valence electrons. The Labute approximate surface area is 195 Å². The summed E-state index contributed by atoms with van der Waals surface area (Å²) in [5.41, 5.74) is 2.36. The molecule has 33 heavy (non-hydrogen) atoms. The van der Waals surface area contributed by atoms with Crippen LogP contribution in [0.5, 0.6) is 5.75 Å². The van der Waals surface area contributed by atoms with Crippen LogP contribution >= 0.6 is 0 Å². The summed E-state index contributed by atoms with van der Waals surface area (Å²) in [6.07, 6.45) is 4.91. The zero-order chi connectivity index (χ0) is 23.4. The fourth-order valence-corrected chi connectivity index (χ4v) is 6.16. The predicted octanol–water partition coefficient (Wildman–Crippen LogP) is 3.58. The minimum absolute atomic E-state index is 0.0542. The average molecular weight is 451 g/mol. The van der Waals surface area contributed by atoms with Crippen molar-refractivity contribution in [3.8, 4) is 5.75 Å². The van der Waals surface area contributed by atoms with Crippen molar-refractivity contribution in [2.45, 2.75) is 50.5 Å². The highest BCUT2D eigenvalue weighted by Crippen LogP contribution is 2.51. The monoisotopic (exact) mass is 450 g/mol. The van der Waals surface area contributed by atoms with Gasteiger partial charge < -0.3 is 15.5 Å². The second-order valence-electron chi connectivity index (χ2n) is 9.70. The second-order valence-corrected chi connectivity index (χ2v) is 9.70. The van der Waals surface area contributed by atoms with Crippen LogP contribution in [0.2, 0.25) is 0 Å². The van der Waals surface area contributed by atoms with Gasteiger partial charge in [-0.15, -0.1) is 0 Å². The molecule has 3 N–H and O–H groups in total. The maximum atomic E-state index is 13.0. The summed E-state index contributed by atoms with van der Waals surface area (Å²) in [5.74, 6) is -0.821. The molecule has 1 unspecified atom stereocenters. The highest BCUT2D eigenvalue weighted by molar-refractivity contribution is 5.83. The van der Waals surface area contributed by atoms with E-state index in [1.54, 1.807) is 6.07 Å². The van der Waals surface area contributed by atoms with Crippen LogP contribution in [-0.4, -0.2) is 52.7 Å². The van der Waals surface area contributed by atoms with Crippen molar-refractivity contribution in [2.75, 3.05) is 19.6 Å². The van der Waals surface area contributed by atoms with E-state index < -0.39 is 5.97 Å². The number of carbonyl (C=O) groups excluding carboxylic acids is 1. The number of nitrogens with zero attached hydrogens (tertiary/aromatic N) is 1. The van der Waals surface area contributed by atoms with Gasteiger partial charge >= 0.3 is 5.97 Å². The van der Waals surface area contributed by atoms with Crippen LogP contribution < -0.4 is 5.32 Å². The minimum atomic E-state index is -1.03. The SMILES string of the molecule is CC1[C@H]2CCC[C@]1(c1cccc(O)c1)CCN2C[C@H](Cc1ccccc1)C(=O)NCC(=O)O. The fourth-order valence-electron chi connectivity index (χ4n) is 6.16. The molecule has 2 bridgehead atoms. The molecule has 2 aromatic carbocycles. The molecule has 1 heterocycles. The molecule has 1 aliphatic heterocycles. The maximum absolute atomic E-state index is 13.0. The van der Waals surface area contributed by atoms with Crippen molar-refractivity contribution in [1.29, 1.82) is 0 Å². The summed E-state index contributed by atoms with van der Waals surface area (Å²) in [7, 11) is 0. The Morgan fingerprint density at radius 1 is 1.15 bits per heavy atom. The highest BCUT2D eigenvalue weighted by atomic mass is 16.4. The standard InChI is InChI=1S/C27H34N2O4/c1-19-24-11-6-12-27(19,22-9-5-10-23(30)16-22)13-14-29(24)18-21(26(33)28-17-25(31)32)15-20-7-3-2-4-8-20/h2-5,7-10,16,19,21,24,30H,6,11-15,17-18H2,1H3,(H,28,33)(H,31,32)/t19?,21-,24+,27-/m0/s1. The van der Waals surface area contributed by atoms with E-state index in [0.717, 1.165) is 37.8 Å². The van der Waals surface area contributed by atoms with Crippen LogP contribution in [0.15, 0.2) is 54.6 Å². The van der Waals surface area contributed by atoms with Crippen LogP contribution in [-0.2, 0) is 21.4 Å². The number of rotatable bonds is 8. The smallest absolute Gasteiger partial charge is 0.322 e.